The number of carboxylic acid groups (broad SMARTS) is 1. The molecule has 0 saturated heterocycles. The fraction of sp³-hybridized carbons (Fsp3) is 0.333. The Labute approximate surface area is 109 Å². The molecule has 0 spiro atoms. The summed E-state index contributed by atoms with van der Waals surface area (Å²) in [7, 11) is 1.31. The van der Waals surface area contributed by atoms with Crippen molar-refractivity contribution in [3.8, 4) is 5.75 Å². The summed E-state index contributed by atoms with van der Waals surface area (Å²) in [4.78, 5) is 21.9. The summed E-state index contributed by atoms with van der Waals surface area (Å²) in [6.07, 6.45) is 0.664. The number of hydrogen-bond acceptors (Lipinski definition) is 4. The lowest BCUT2D eigenvalue weighted by Crippen LogP contribution is -2.07. The Morgan fingerprint density at radius 2 is 2.11 bits per heavy atom. The van der Waals surface area contributed by atoms with E-state index in [9.17, 15) is 9.59 Å². The van der Waals surface area contributed by atoms with Crippen molar-refractivity contribution in [2.24, 2.45) is 0 Å². The third-order valence-electron chi connectivity index (χ3n) is 2.20. The number of esters is 1. The van der Waals surface area contributed by atoms with Gasteiger partial charge in [-0.2, -0.15) is 0 Å². The number of benzene rings is 1. The van der Waals surface area contributed by atoms with Gasteiger partial charge in [-0.05, 0) is 18.6 Å². The molecule has 0 radical (unpaired) electrons. The van der Waals surface area contributed by atoms with E-state index in [1.165, 1.54) is 19.2 Å². The van der Waals surface area contributed by atoms with Gasteiger partial charge in [0.25, 0.3) is 0 Å². The molecule has 0 saturated carbocycles. The summed E-state index contributed by atoms with van der Waals surface area (Å²) in [6.45, 7) is 0.218. The quantitative estimate of drug-likeness (QED) is 0.636. The largest absolute Gasteiger partial charge is 0.493 e. The Morgan fingerprint density at radius 3 is 2.72 bits per heavy atom. The maximum atomic E-state index is 11.0. The minimum atomic E-state index is -1.15. The van der Waals surface area contributed by atoms with E-state index < -0.39 is 5.97 Å². The normalized spacial score (nSPS) is 9.89. The van der Waals surface area contributed by atoms with Gasteiger partial charge >= 0.3 is 11.9 Å². The average molecular weight is 273 g/mol. The van der Waals surface area contributed by atoms with Crippen molar-refractivity contribution in [2.75, 3.05) is 13.7 Å². The first kappa shape index (κ1) is 14.3. The summed E-state index contributed by atoms with van der Waals surface area (Å²) in [5, 5.41) is 9.11. The molecule has 18 heavy (non-hydrogen) atoms. The Hall–Kier alpha value is -1.75. The van der Waals surface area contributed by atoms with Gasteiger partial charge in [0, 0.05) is 6.42 Å². The standard InChI is InChI=1S/C12H13ClO5/c1-17-10(14)6-3-7-18-9-5-2-4-8(13)11(9)12(15)16/h2,4-5H,3,6-7H2,1H3,(H,15,16). The molecule has 1 aromatic carbocycles. The molecule has 0 fully saturated rings. The van der Waals surface area contributed by atoms with Gasteiger partial charge in [0.15, 0.2) is 0 Å². The highest BCUT2D eigenvalue weighted by atomic mass is 35.5. The van der Waals surface area contributed by atoms with Crippen LogP contribution in [0.1, 0.15) is 23.2 Å². The number of aromatic carboxylic acids is 1. The van der Waals surface area contributed by atoms with E-state index in [-0.39, 0.29) is 35.3 Å². The molecule has 5 nitrogen and oxygen atoms in total. The zero-order valence-corrected chi connectivity index (χ0v) is 10.6. The third kappa shape index (κ3) is 3.92. The van der Waals surface area contributed by atoms with Crippen LogP contribution < -0.4 is 4.74 Å². The van der Waals surface area contributed by atoms with Crippen molar-refractivity contribution >= 4 is 23.5 Å². The van der Waals surface area contributed by atoms with Crippen LogP contribution in [0.25, 0.3) is 0 Å². The molecule has 1 rings (SSSR count). The highest BCUT2D eigenvalue weighted by molar-refractivity contribution is 6.33. The number of ether oxygens (including phenoxy) is 2. The molecular weight excluding hydrogens is 260 g/mol. The van der Waals surface area contributed by atoms with Gasteiger partial charge in [0.1, 0.15) is 11.3 Å². The molecule has 0 aliphatic rings. The molecular formula is C12H13ClO5. The van der Waals surface area contributed by atoms with Crippen LogP contribution in [0.5, 0.6) is 5.75 Å². The predicted molar refractivity (Wildman–Crippen MR) is 65.2 cm³/mol. The van der Waals surface area contributed by atoms with Gasteiger partial charge in [-0.1, -0.05) is 17.7 Å². The Kier molecular flexibility index (Phi) is 5.45. The van der Waals surface area contributed by atoms with Crippen molar-refractivity contribution in [2.45, 2.75) is 12.8 Å². The number of halogens is 1. The maximum absolute atomic E-state index is 11.0. The van der Waals surface area contributed by atoms with Crippen LogP contribution in [0.15, 0.2) is 18.2 Å². The van der Waals surface area contributed by atoms with Crippen LogP contribution in [0.4, 0.5) is 0 Å². The van der Waals surface area contributed by atoms with Gasteiger partial charge in [-0.15, -0.1) is 0 Å². The Morgan fingerprint density at radius 1 is 1.39 bits per heavy atom. The van der Waals surface area contributed by atoms with Crippen LogP contribution in [0.3, 0.4) is 0 Å². The van der Waals surface area contributed by atoms with Crippen LogP contribution >= 0.6 is 11.6 Å². The average Bonchev–Trinajstić information content (AvgIpc) is 2.33. The van der Waals surface area contributed by atoms with Crippen LogP contribution in [0.2, 0.25) is 5.02 Å². The second-order valence-electron chi connectivity index (χ2n) is 3.45. The maximum Gasteiger partial charge on any atom is 0.341 e. The van der Waals surface area contributed by atoms with E-state index >= 15 is 0 Å². The predicted octanol–water partition coefficient (Wildman–Crippen LogP) is 2.37. The smallest absolute Gasteiger partial charge is 0.341 e. The van der Waals surface area contributed by atoms with E-state index in [0.717, 1.165) is 0 Å². The summed E-state index contributed by atoms with van der Waals surface area (Å²) < 4.78 is 9.77. The minimum Gasteiger partial charge on any atom is -0.493 e. The zero-order valence-electron chi connectivity index (χ0n) is 9.81. The second-order valence-corrected chi connectivity index (χ2v) is 3.85. The molecule has 0 aliphatic heterocycles. The lowest BCUT2D eigenvalue weighted by Gasteiger charge is -2.09. The molecule has 0 atom stereocenters. The molecule has 0 aromatic heterocycles. The molecule has 0 unspecified atom stereocenters. The topological polar surface area (TPSA) is 72.8 Å². The van der Waals surface area contributed by atoms with Crippen LogP contribution in [-0.4, -0.2) is 30.8 Å². The highest BCUT2D eigenvalue weighted by Gasteiger charge is 2.15. The SMILES string of the molecule is COC(=O)CCCOc1cccc(Cl)c1C(=O)O. The first-order valence-electron chi connectivity index (χ1n) is 5.27. The number of carbonyl (C=O) groups is 2. The number of rotatable bonds is 6. The first-order chi connectivity index (χ1) is 8.56. The van der Waals surface area contributed by atoms with Crippen molar-refractivity contribution in [3.05, 3.63) is 28.8 Å². The minimum absolute atomic E-state index is 0.0720. The van der Waals surface area contributed by atoms with Crippen LogP contribution in [0, 0.1) is 0 Å². The van der Waals surface area contributed by atoms with E-state index in [2.05, 4.69) is 4.74 Å². The van der Waals surface area contributed by atoms with E-state index in [1.54, 1.807) is 6.07 Å². The summed E-state index contributed by atoms with van der Waals surface area (Å²) in [5.41, 5.74) is -0.0720. The molecule has 1 N–H and O–H groups in total. The Balaban J connectivity index is 2.60. The third-order valence-corrected chi connectivity index (χ3v) is 2.51. The van der Waals surface area contributed by atoms with Crippen molar-refractivity contribution in [3.63, 3.8) is 0 Å². The lowest BCUT2D eigenvalue weighted by atomic mass is 10.2. The number of carboxylic acids is 1. The van der Waals surface area contributed by atoms with Crippen LogP contribution in [-0.2, 0) is 9.53 Å². The molecule has 0 aliphatic carbocycles. The van der Waals surface area contributed by atoms with E-state index in [4.69, 9.17) is 21.4 Å². The summed E-state index contributed by atoms with van der Waals surface area (Å²) in [6, 6.07) is 4.60. The fourth-order valence-electron chi connectivity index (χ4n) is 1.33. The molecule has 98 valence electrons. The van der Waals surface area contributed by atoms with Crippen molar-refractivity contribution in [1.29, 1.82) is 0 Å². The Bertz CT molecular complexity index is 444. The van der Waals surface area contributed by atoms with Crippen molar-refractivity contribution in [1.82, 2.24) is 0 Å². The molecule has 0 amide bonds. The highest BCUT2D eigenvalue weighted by Crippen LogP contribution is 2.26. The molecule has 0 bridgehead atoms. The second kappa shape index (κ2) is 6.86. The van der Waals surface area contributed by atoms with Gasteiger partial charge in [0.05, 0.1) is 18.7 Å². The molecule has 0 heterocycles. The molecule has 1 aromatic rings. The number of carbonyl (C=O) groups excluding carboxylic acids is 1. The number of methoxy groups -OCH3 is 1. The van der Waals surface area contributed by atoms with E-state index in [0.29, 0.717) is 6.42 Å². The van der Waals surface area contributed by atoms with E-state index in [1.807, 2.05) is 0 Å². The number of hydrogen-bond donors (Lipinski definition) is 1. The van der Waals surface area contributed by atoms with Gasteiger partial charge in [-0.3, -0.25) is 4.79 Å². The van der Waals surface area contributed by atoms with Gasteiger partial charge in [0.2, 0.25) is 0 Å². The summed E-state index contributed by atoms with van der Waals surface area (Å²) >= 11 is 5.78. The monoisotopic (exact) mass is 272 g/mol. The lowest BCUT2D eigenvalue weighted by molar-refractivity contribution is -0.140. The van der Waals surface area contributed by atoms with Gasteiger partial charge in [-0.25, -0.2) is 4.79 Å². The zero-order chi connectivity index (χ0) is 13.5. The van der Waals surface area contributed by atoms with Crippen molar-refractivity contribution < 1.29 is 24.2 Å². The van der Waals surface area contributed by atoms with Gasteiger partial charge < -0.3 is 14.6 Å². The fourth-order valence-corrected chi connectivity index (χ4v) is 1.58. The summed E-state index contributed by atoms with van der Waals surface area (Å²) in [5.74, 6) is -1.29. The first-order valence-corrected chi connectivity index (χ1v) is 5.65. The molecule has 6 heteroatoms.